The molecule has 1 saturated heterocycles. The van der Waals surface area contributed by atoms with E-state index in [2.05, 4.69) is 4.74 Å². The van der Waals surface area contributed by atoms with Gasteiger partial charge in [-0.05, 0) is 13.8 Å². The van der Waals surface area contributed by atoms with Gasteiger partial charge in [-0.15, -0.1) is 0 Å². The summed E-state index contributed by atoms with van der Waals surface area (Å²) in [5, 5.41) is 0. The molecule has 1 rings (SSSR count). The van der Waals surface area contributed by atoms with E-state index in [9.17, 15) is 19.2 Å². The normalized spacial score (nSPS) is 15.7. The lowest BCUT2D eigenvalue weighted by molar-refractivity contribution is -0.152. The van der Waals surface area contributed by atoms with Crippen LogP contribution in [0.5, 0.6) is 0 Å². The average Bonchev–Trinajstić information content (AvgIpc) is 2.33. The third-order valence-electron chi connectivity index (χ3n) is 2.75. The van der Waals surface area contributed by atoms with Crippen molar-refractivity contribution in [3.63, 3.8) is 0 Å². The summed E-state index contributed by atoms with van der Waals surface area (Å²) in [6, 6.07) is 0. The van der Waals surface area contributed by atoms with E-state index in [0.29, 0.717) is 6.54 Å². The van der Waals surface area contributed by atoms with Gasteiger partial charge in [0.25, 0.3) is 0 Å². The van der Waals surface area contributed by atoms with Crippen LogP contribution in [-0.2, 0) is 23.9 Å². The van der Waals surface area contributed by atoms with E-state index in [4.69, 9.17) is 0 Å². The highest BCUT2D eigenvalue weighted by atomic mass is 16.5. The highest BCUT2D eigenvalue weighted by Crippen LogP contribution is 2.05. The van der Waals surface area contributed by atoms with Crippen molar-refractivity contribution < 1.29 is 23.9 Å². The van der Waals surface area contributed by atoms with Crippen LogP contribution in [0, 0.1) is 0 Å². The molecular formula is C12H18N2O5. The summed E-state index contributed by atoms with van der Waals surface area (Å²) in [6.07, 6.45) is -0.372. The molecule has 19 heavy (non-hydrogen) atoms. The summed E-state index contributed by atoms with van der Waals surface area (Å²) in [7, 11) is 0. The first kappa shape index (κ1) is 15.1. The Labute approximate surface area is 111 Å². The Balaban J connectivity index is 2.49. The monoisotopic (exact) mass is 270 g/mol. The molecule has 0 N–H and O–H groups in total. The molecule has 0 aliphatic carbocycles. The minimum Gasteiger partial charge on any atom is -0.466 e. The van der Waals surface area contributed by atoms with Gasteiger partial charge in [0, 0.05) is 6.54 Å². The van der Waals surface area contributed by atoms with E-state index in [1.807, 2.05) is 0 Å². The molecule has 0 atom stereocenters. The Morgan fingerprint density at radius 2 is 1.68 bits per heavy atom. The summed E-state index contributed by atoms with van der Waals surface area (Å²) in [5.74, 6) is -1.51. The number of carbonyl (C=O) groups is 4. The zero-order valence-electron chi connectivity index (χ0n) is 11.2. The maximum Gasteiger partial charge on any atom is 0.313 e. The van der Waals surface area contributed by atoms with Crippen LogP contribution < -0.4 is 0 Å². The molecule has 0 aromatic carbocycles. The molecule has 0 aromatic heterocycles. The van der Waals surface area contributed by atoms with Gasteiger partial charge in [-0.25, -0.2) is 0 Å². The number of esters is 1. The second-order valence-electron chi connectivity index (χ2n) is 4.18. The van der Waals surface area contributed by atoms with Crippen molar-refractivity contribution in [3.8, 4) is 0 Å². The molecule has 7 nitrogen and oxygen atoms in total. The van der Waals surface area contributed by atoms with Crippen molar-refractivity contribution in [1.82, 2.24) is 9.80 Å². The van der Waals surface area contributed by atoms with Gasteiger partial charge in [-0.3, -0.25) is 19.2 Å². The Hall–Kier alpha value is -1.92. The fraction of sp³-hybridized carbons (Fsp3) is 0.667. The van der Waals surface area contributed by atoms with Crippen LogP contribution in [0.4, 0.5) is 0 Å². The lowest BCUT2D eigenvalue weighted by Gasteiger charge is -2.32. The van der Waals surface area contributed by atoms with Crippen molar-refractivity contribution in [2.45, 2.75) is 20.3 Å². The standard InChI is InChI=1S/C12H18N2O5/c1-3-13-7-11(17)14(8-10(13)16)6-9(15)5-12(18)19-4-2/h3-8H2,1-2H3. The number of Topliss-reactive ketones (excluding diaryl/α,β-unsaturated/α-hetero) is 1. The summed E-state index contributed by atoms with van der Waals surface area (Å²) in [4.78, 5) is 48.6. The van der Waals surface area contributed by atoms with E-state index in [1.54, 1.807) is 13.8 Å². The fourth-order valence-corrected chi connectivity index (χ4v) is 1.78. The number of hydrogen-bond donors (Lipinski definition) is 0. The first-order chi connectivity index (χ1) is 8.97. The number of ketones is 1. The summed E-state index contributed by atoms with van der Waals surface area (Å²) < 4.78 is 4.65. The first-order valence-corrected chi connectivity index (χ1v) is 6.20. The molecule has 1 heterocycles. The fourth-order valence-electron chi connectivity index (χ4n) is 1.78. The van der Waals surface area contributed by atoms with Gasteiger partial charge in [0.15, 0.2) is 5.78 Å². The van der Waals surface area contributed by atoms with Gasteiger partial charge in [-0.1, -0.05) is 0 Å². The van der Waals surface area contributed by atoms with Gasteiger partial charge in [0.2, 0.25) is 11.8 Å². The molecule has 0 radical (unpaired) electrons. The number of piperazine rings is 1. The lowest BCUT2D eigenvalue weighted by atomic mass is 10.2. The minimum atomic E-state index is -0.613. The molecule has 2 amide bonds. The molecule has 1 aliphatic heterocycles. The summed E-state index contributed by atoms with van der Waals surface area (Å²) >= 11 is 0. The number of nitrogens with zero attached hydrogens (tertiary/aromatic N) is 2. The van der Waals surface area contributed by atoms with E-state index in [1.165, 1.54) is 9.80 Å². The van der Waals surface area contributed by atoms with Gasteiger partial charge in [0.1, 0.15) is 13.0 Å². The molecule has 0 aromatic rings. The quantitative estimate of drug-likeness (QED) is 0.466. The predicted molar refractivity (Wildman–Crippen MR) is 65.1 cm³/mol. The molecule has 1 fully saturated rings. The predicted octanol–water partition coefficient (Wildman–Crippen LogP) is -0.801. The molecular weight excluding hydrogens is 252 g/mol. The molecule has 0 bridgehead atoms. The Morgan fingerprint density at radius 1 is 1.11 bits per heavy atom. The van der Waals surface area contributed by atoms with Crippen LogP contribution in [0.1, 0.15) is 20.3 Å². The molecule has 106 valence electrons. The minimum absolute atomic E-state index is 0.0119. The van der Waals surface area contributed by atoms with E-state index < -0.39 is 11.8 Å². The SMILES string of the molecule is CCOC(=O)CC(=O)CN1CC(=O)N(CC)CC1=O. The van der Waals surface area contributed by atoms with Crippen LogP contribution in [0.25, 0.3) is 0 Å². The smallest absolute Gasteiger partial charge is 0.313 e. The lowest BCUT2D eigenvalue weighted by Crippen LogP contribution is -2.54. The molecule has 0 unspecified atom stereocenters. The van der Waals surface area contributed by atoms with Gasteiger partial charge < -0.3 is 14.5 Å². The third kappa shape index (κ3) is 4.35. The van der Waals surface area contributed by atoms with Crippen LogP contribution in [0.2, 0.25) is 0 Å². The Morgan fingerprint density at radius 3 is 2.26 bits per heavy atom. The zero-order valence-corrected chi connectivity index (χ0v) is 11.2. The third-order valence-corrected chi connectivity index (χ3v) is 2.75. The molecule has 1 aliphatic rings. The van der Waals surface area contributed by atoms with Crippen molar-refractivity contribution in [1.29, 1.82) is 0 Å². The van der Waals surface area contributed by atoms with Crippen molar-refractivity contribution in [3.05, 3.63) is 0 Å². The largest absolute Gasteiger partial charge is 0.466 e. The first-order valence-electron chi connectivity index (χ1n) is 6.20. The van der Waals surface area contributed by atoms with E-state index in [-0.39, 0.29) is 44.5 Å². The maximum absolute atomic E-state index is 11.7. The summed E-state index contributed by atoms with van der Waals surface area (Å²) in [5.41, 5.74) is 0. The number of hydrogen-bond acceptors (Lipinski definition) is 5. The highest BCUT2D eigenvalue weighted by molar-refractivity contribution is 6.00. The number of carbonyl (C=O) groups excluding carboxylic acids is 4. The number of amides is 2. The maximum atomic E-state index is 11.7. The number of likely N-dealkylation sites (N-methyl/N-ethyl adjacent to an activating group) is 1. The van der Waals surface area contributed by atoms with Gasteiger partial charge in [-0.2, -0.15) is 0 Å². The van der Waals surface area contributed by atoms with Crippen LogP contribution in [0.15, 0.2) is 0 Å². The molecule has 0 spiro atoms. The topological polar surface area (TPSA) is 84.0 Å². The van der Waals surface area contributed by atoms with Gasteiger partial charge >= 0.3 is 5.97 Å². The van der Waals surface area contributed by atoms with Crippen LogP contribution in [-0.4, -0.2) is 66.2 Å². The van der Waals surface area contributed by atoms with E-state index >= 15 is 0 Å². The number of rotatable bonds is 6. The van der Waals surface area contributed by atoms with Crippen molar-refractivity contribution >= 4 is 23.6 Å². The van der Waals surface area contributed by atoms with Crippen LogP contribution >= 0.6 is 0 Å². The summed E-state index contributed by atoms with van der Waals surface area (Å²) in [6.45, 7) is 3.76. The van der Waals surface area contributed by atoms with Gasteiger partial charge in [0.05, 0.1) is 19.7 Å². The number of ether oxygens (including phenoxy) is 1. The Kier molecular flexibility index (Phi) is 5.47. The zero-order chi connectivity index (χ0) is 14.4. The second kappa shape index (κ2) is 6.86. The second-order valence-corrected chi connectivity index (χ2v) is 4.18. The molecule has 7 heteroatoms. The highest BCUT2D eigenvalue weighted by Gasteiger charge is 2.30. The van der Waals surface area contributed by atoms with Crippen LogP contribution in [0.3, 0.4) is 0 Å². The van der Waals surface area contributed by atoms with Crippen molar-refractivity contribution in [2.75, 3.05) is 32.8 Å². The average molecular weight is 270 g/mol. The Bertz CT molecular complexity index is 394. The molecule has 0 saturated carbocycles. The van der Waals surface area contributed by atoms with E-state index in [0.717, 1.165) is 0 Å². The van der Waals surface area contributed by atoms with Crippen molar-refractivity contribution in [2.24, 2.45) is 0 Å².